The van der Waals surface area contributed by atoms with Gasteiger partial charge in [0.05, 0.1) is 0 Å². The van der Waals surface area contributed by atoms with Gasteiger partial charge >= 0.3 is 6.20 Å². The summed E-state index contributed by atoms with van der Waals surface area (Å²) in [4.78, 5) is 7.06. The Bertz CT molecular complexity index is 1090. The number of rotatable bonds is 4. The smallest absolute Gasteiger partial charge is 0.353 e. The maximum Gasteiger partial charge on any atom is 0.390 e. The summed E-state index contributed by atoms with van der Waals surface area (Å²) in [7, 11) is 3.95. The average molecular weight is 458 g/mol. The second-order valence-corrected chi connectivity index (χ2v) is 8.95. The van der Waals surface area contributed by atoms with Crippen LogP contribution in [0, 0.1) is 5.39 Å². The maximum absolute atomic E-state index is 8.26. The highest BCUT2D eigenvalue weighted by Crippen LogP contribution is 2.13. The number of hydrogen-bond donors (Lipinski definition) is 0. The molecular formula is C30H31BN4. The molecule has 1 fully saturated rings. The molecule has 174 valence electrons. The van der Waals surface area contributed by atoms with E-state index in [0.717, 1.165) is 18.9 Å². The lowest BCUT2D eigenvalue weighted by Gasteiger charge is -2.44. The van der Waals surface area contributed by atoms with Crippen LogP contribution in [0.4, 0.5) is 0 Å². The van der Waals surface area contributed by atoms with Crippen molar-refractivity contribution < 1.29 is 0 Å². The van der Waals surface area contributed by atoms with Crippen LogP contribution in [-0.4, -0.2) is 43.1 Å². The summed E-state index contributed by atoms with van der Waals surface area (Å²) < 4.78 is 0. The fraction of sp³-hybridized carbons (Fsp3) is 0.133. The van der Waals surface area contributed by atoms with Crippen LogP contribution >= 0.6 is 0 Å². The van der Waals surface area contributed by atoms with E-state index in [2.05, 4.69) is 126 Å². The topological polar surface area (TPSA) is 34.6 Å². The van der Waals surface area contributed by atoms with E-state index in [1.165, 1.54) is 28.1 Å². The molecule has 0 atom stereocenters. The highest BCUT2D eigenvalue weighted by molar-refractivity contribution is 7.19. The van der Waals surface area contributed by atoms with Gasteiger partial charge in [-0.1, -0.05) is 121 Å². The molecule has 5 heteroatoms. The Morgan fingerprint density at radius 3 is 1.11 bits per heavy atom. The van der Waals surface area contributed by atoms with Gasteiger partial charge in [-0.2, -0.15) is 21.9 Å². The summed E-state index contributed by atoms with van der Waals surface area (Å²) in [5.41, 5.74) is 5.36. The van der Waals surface area contributed by atoms with E-state index in [0.29, 0.717) is 0 Å². The second kappa shape index (κ2) is 11.2. The average Bonchev–Trinajstić information content (AvgIpc) is 3.25. The van der Waals surface area contributed by atoms with Gasteiger partial charge < -0.3 is 9.80 Å². The predicted molar refractivity (Wildman–Crippen MR) is 148 cm³/mol. The van der Waals surface area contributed by atoms with Gasteiger partial charge in [0.25, 0.3) is 0 Å². The van der Waals surface area contributed by atoms with E-state index in [4.69, 9.17) is 5.39 Å². The molecule has 0 radical (unpaired) electrons. The van der Waals surface area contributed by atoms with E-state index in [1.807, 2.05) is 23.9 Å². The second-order valence-electron chi connectivity index (χ2n) is 8.95. The summed E-state index contributed by atoms with van der Waals surface area (Å²) in [5.74, 6) is 0.961. The summed E-state index contributed by atoms with van der Waals surface area (Å²) in [6.07, 6.45) is 0.236. The van der Waals surface area contributed by atoms with E-state index in [1.54, 1.807) is 0 Å². The van der Waals surface area contributed by atoms with Crippen LogP contribution in [0.25, 0.3) is 4.98 Å². The lowest BCUT2D eigenvalue weighted by atomic mass is 9.13. The standard InChI is InChI=1S/C24H20B.C6H11N4/c1-5-13-21(14-6-1)25(22-15-7-2-8-16-22,23-17-9-3-10-18-23)24-19-11-4-12-20-24;1-9-3-4-10(2)6(9)5-8-7/h1-20H;5H,3-4H2,1-2H3/q-1;+1. The molecule has 0 amide bonds. The van der Waals surface area contributed by atoms with E-state index in [9.17, 15) is 0 Å². The van der Waals surface area contributed by atoms with Crippen molar-refractivity contribution >= 4 is 28.0 Å². The van der Waals surface area contributed by atoms with Crippen molar-refractivity contribution in [3.05, 3.63) is 138 Å². The summed E-state index contributed by atoms with van der Waals surface area (Å²) in [5, 5.41) is 8.26. The molecule has 0 N–H and O–H groups in total. The molecule has 0 bridgehead atoms. The fourth-order valence-corrected chi connectivity index (χ4v) is 5.19. The molecule has 1 aliphatic heterocycles. The molecule has 4 aromatic rings. The number of benzene rings is 4. The molecule has 0 saturated carbocycles. The fourth-order valence-electron chi connectivity index (χ4n) is 5.19. The highest BCUT2D eigenvalue weighted by Gasteiger charge is 2.31. The first-order valence-corrected chi connectivity index (χ1v) is 12.0. The Balaban J connectivity index is 0.000000243. The van der Waals surface area contributed by atoms with E-state index in [-0.39, 0.29) is 0 Å². The molecule has 4 nitrogen and oxygen atoms in total. The summed E-state index contributed by atoms with van der Waals surface area (Å²) >= 11 is 0. The number of hydrogen-bond acceptors (Lipinski definition) is 3. The minimum Gasteiger partial charge on any atom is -0.353 e. The third-order valence-electron chi connectivity index (χ3n) is 6.92. The van der Waals surface area contributed by atoms with Gasteiger partial charge in [0, 0.05) is 27.2 Å². The molecule has 1 heterocycles. The normalized spacial score (nSPS) is 13.0. The van der Waals surface area contributed by atoms with Crippen molar-refractivity contribution in [3.63, 3.8) is 0 Å². The summed E-state index contributed by atoms with van der Waals surface area (Å²) in [6.45, 7) is 2.00. The van der Waals surface area contributed by atoms with Crippen LogP contribution in [0.15, 0.2) is 133 Å². The van der Waals surface area contributed by atoms with Gasteiger partial charge in [-0.25, -0.2) is 0 Å². The Labute approximate surface area is 208 Å². The van der Waals surface area contributed by atoms with Gasteiger partial charge in [0.1, 0.15) is 6.15 Å². The molecule has 0 unspecified atom stereocenters. The van der Waals surface area contributed by atoms with Crippen molar-refractivity contribution in [3.8, 4) is 0 Å². The highest BCUT2D eigenvalue weighted by atomic mass is 15.4. The first kappa shape index (κ1) is 23.8. The van der Waals surface area contributed by atoms with Gasteiger partial charge in [0.15, 0.2) is 10.8 Å². The lowest BCUT2D eigenvalue weighted by molar-refractivity contribution is 0.423. The quantitative estimate of drug-likeness (QED) is 0.347. The molecule has 0 aliphatic carbocycles. The maximum atomic E-state index is 8.26. The first-order chi connectivity index (χ1) is 17.2. The Kier molecular flexibility index (Phi) is 7.65. The molecule has 35 heavy (non-hydrogen) atoms. The van der Waals surface area contributed by atoms with Crippen molar-refractivity contribution in [2.45, 2.75) is 0 Å². The third kappa shape index (κ3) is 4.97. The van der Waals surface area contributed by atoms with Gasteiger partial charge in [-0.05, 0) is 0 Å². The SMILES string of the molecule is CN1CCN(C)C1=C[N+]#N.c1ccc([B-](c2ccccc2)(c2ccccc2)c2ccccc2)cc1. The van der Waals surface area contributed by atoms with Crippen LogP contribution in [-0.2, 0) is 0 Å². The zero-order chi connectivity index (χ0) is 24.5. The van der Waals surface area contributed by atoms with Gasteiger partial charge in [0.2, 0.25) is 5.39 Å². The van der Waals surface area contributed by atoms with Crippen LogP contribution in [0.2, 0.25) is 0 Å². The van der Waals surface area contributed by atoms with Crippen molar-refractivity contribution in [2.75, 3.05) is 27.2 Å². The monoisotopic (exact) mass is 458 g/mol. The molecule has 1 aliphatic rings. The molecule has 0 spiro atoms. The van der Waals surface area contributed by atoms with Crippen LogP contribution < -0.4 is 21.9 Å². The largest absolute Gasteiger partial charge is 0.390 e. The van der Waals surface area contributed by atoms with Crippen LogP contribution in [0.1, 0.15) is 0 Å². The number of diazo groups is 1. The Morgan fingerprint density at radius 1 is 0.571 bits per heavy atom. The van der Waals surface area contributed by atoms with E-state index >= 15 is 0 Å². The van der Waals surface area contributed by atoms with Crippen molar-refractivity contribution in [1.82, 2.24) is 9.80 Å². The Morgan fingerprint density at radius 2 is 0.857 bits per heavy atom. The minimum absolute atomic E-state index is 0.961. The van der Waals surface area contributed by atoms with Crippen LogP contribution in [0.5, 0.6) is 0 Å². The van der Waals surface area contributed by atoms with Crippen LogP contribution in [0.3, 0.4) is 0 Å². The molecule has 4 aromatic carbocycles. The van der Waals surface area contributed by atoms with Crippen molar-refractivity contribution in [1.29, 1.82) is 5.39 Å². The Hall–Kier alpha value is -4.30. The zero-order valence-electron chi connectivity index (χ0n) is 20.4. The first-order valence-electron chi connectivity index (χ1n) is 12.0. The van der Waals surface area contributed by atoms with E-state index < -0.39 is 6.15 Å². The van der Waals surface area contributed by atoms with Gasteiger partial charge in [-0.3, -0.25) is 0 Å². The third-order valence-corrected chi connectivity index (χ3v) is 6.92. The lowest BCUT2D eigenvalue weighted by Crippen LogP contribution is -2.74. The van der Waals surface area contributed by atoms with Gasteiger partial charge in [-0.15, -0.1) is 0 Å². The number of likely N-dealkylation sites (N-methyl/N-ethyl adjacent to an activating group) is 2. The summed E-state index contributed by atoms with van der Waals surface area (Å²) in [6, 6.07) is 43.5. The molecule has 0 aromatic heterocycles. The molecule has 1 saturated heterocycles. The zero-order valence-corrected chi connectivity index (χ0v) is 20.4. The molecule has 5 rings (SSSR count). The predicted octanol–water partition coefficient (Wildman–Crippen LogP) is 3.58. The minimum atomic E-state index is -1.22. The molecular weight excluding hydrogens is 427 g/mol. The number of nitrogens with zero attached hydrogens (tertiary/aromatic N) is 4. The van der Waals surface area contributed by atoms with Crippen molar-refractivity contribution in [2.24, 2.45) is 0 Å².